The molecule has 1 amide bonds. The third-order valence-electron chi connectivity index (χ3n) is 6.05. The van der Waals surface area contributed by atoms with Gasteiger partial charge in [0, 0.05) is 30.1 Å². The van der Waals surface area contributed by atoms with Crippen molar-refractivity contribution in [3.05, 3.63) is 34.6 Å². The van der Waals surface area contributed by atoms with E-state index < -0.39 is 0 Å². The highest BCUT2D eigenvalue weighted by molar-refractivity contribution is 5.82. The Morgan fingerprint density at radius 3 is 2.53 bits per heavy atom. The van der Waals surface area contributed by atoms with Crippen molar-refractivity contribution in [2.45, 2.75) is 72.8 Å². The number of amides is 1. The van der Waals surface area contributed by atoms with E-state index in [1.807, 2.05) is 32.6 Å². The van der Waals surface area contributed by atoms with Crippen LogP contribution in [0, 0.1) is 30.6 Å². The molecule has 0 saturated carbocycles. The molecule has 0 unspecified atom stereocenters. The Morgan fingerprint density at radius 2 is 1.93 bits per heavy atom. The van der Waals surface area contributed by atoms with Crippen molar-refractivity contribution in [1.29, 1.82) is 10.8 Å². The summed E-state index contributed by atoms with van der Waals surface area (Å²) < 4.78 is 3.09. The third kappa shape index (κ3) is 4.08. The van der Waals surface area contributed by atoms with E-state index in [1.165, 1.54) is 4.68 Å². The van der Waals surface area contributed by atoms with E-state index in [0.29, 0.717) is 18.7 Å². The van der Waals surface area contributed by atoms with Gasteiger partial charge >= 0.3 is 0 Å². The zero-order chi connectivity index (χ0) is 22.2. The Bertz CT molecular complexity index is 1030. The molecule has 162 valence electrons. The normalized spacial score (nSPS) is 15.8. The maximum absolute atomic E-state index is 12.8. The van der Waals surface area contributed by atoms with Crippen LogP contribution in [0.4, 0.5) is 0 Å². The average Bonchev–Trinajstić information content (AvgIpc) is 3.18. The Morgan fingerprint density at radius 1 is 1.23 bits per heavy atom. The van der Waals surface area contributed by atoms with Crippen LogP contribution in [-0.4, -0.2) is 48.3 Å². The van der Waals surface area contributed by atoms with Gasteiger partial charge in [0.1, 0.15) is 11.3 Å². The van der Waals surface area contributed by atoms with E-state index in [-0.39, 0.29) is 28.7 Å². The smallest absolute Gasteiger partial charge is 0.223 e. The number of aryl methyl sites for hydroxylation is 1. The number of carbonyl (C=O) groups excluding carboxylic acids is 1. The number of hydrogen-bond acceptors (Lipinski definition) is 5. The molecule has 1 aliphatic rings. The standard InChI is InChI=1S/C22H33N7O/c1-14(2)21(24)29-18(23)9-10-19(26-29)28-16(4)17(15(3)25-28)8-11-20(30)27-13-7-12-22(27,5)6/h9-10,14,23-24H,7-8,11-13H2,1-6H3. The van der Waals surface area contributed by atoms with Gasteiger partial charge in [-0.05, 0) is 64.7 Å². The predicted molar refractivity (Wildman–Crippen MR) is 116 cm³/mol. The Hall–Kier alpha value is -2.77. The first kappa shape index (κ1) is 21.9. The van der Waals surface area contributed by atoms with Gasteiger partial charge in [0.25, 0.3) is 0 Å². The van der Waals surface area contributed by atoms with Crippen LogP contribution in [0.2, 0.25) is 0 Å². The van der Waals surface area contributed by atoms with Crippen LogP contribution >= 0.6 is 0 Å². The van der Waals surface area contributed by atoms with Crippen molar-refractivity contribution in [1.82, 2.24) is 24.5 Å². The minimum absolute atomic E-state index is 0.0429. The summed E-state index contributed by atoms with van der Waals surface area (Å²) in [5.74, 6) is 0.986. The Kier molecular flexibility index (Phi) is 5.97. The molecule has 2 aromatic heterocycles. The first-order chi connectivity index (χ1) is 14.0. The maximum Gasteiger partial charge on any atom is 0.223 e. The van der Waals surface area contributed by atoms with Gasteiger partial charge in [0.15, 0.2) is 5.82 Å². The van der Waals surface area contributed by atoms with Crippen molar-refractivity contribution in [2.24, 2.45) is 5.92 Å². The number of aromatic nitrogens is 4. The molecule has 0 aliphatic carbocycles. The number of carbonyl (C=O) groups is 1. The molecule has 1 aliphatic heterocycles. The van der Waals surface area contributed by atoms with E-state index in [2.05, 4.69) is 24.0 Å². The molecule has 30 heavy (non-hydrogen) atoms. The molecular weight excluding hydrogens is 378 g/mol. The molecular formula is C22H33N7O. The van der Waals surface area contributed by atoms with E-state index in [0.717, 1.165) is 36.3 Å². The number of nitrogens with one attached hydrogen (secondary N) is 2. The fraction of sp³-hybridized carbons (Fsp3) is 0.591. The Balaban J connectivity index is 1.84. The fourth-order valence-electron chi connectivity index (χ4n) is 4.15. The Labute approximate surface area is 177 Å². The van der Waals surface area contributed by atoms with E-state index in [1.54, 1.807) is 16.8 Å². The zero-order valence-electron chi connectivity index (χ0n) is 18.9. The molecule has 0 atom stereocenters. The summed E-state index contributed by atoms with van der Waals surface area (Å²) >= 11 is 0. The van der Waals surface area contributed by atoms with Crippen molar-refractivity contribution in [2.75, 3.05) is 6.54 Å². The van der Waals surface area contributed by atoms with E-state index in [4.69, 9.17) is 10.8 Å². The lowest BCUT2D eigenvalue weighted by Crippen LogP contribution is -2.42. The van der Waals surface area contributed by atoms with Crippen molar-refractivity contribution in [3.63, 3.8) is 0 Å². The van der Waals surface area contributed by atoms with Gasteiger partial charge in [-0.15, -0.1) is 5.10 Å². The van der Waals surface area contributed by atoms with E-state index in [9.17, 15) is 4.79 Å². The van der Waals surface area contributed by atoms with Gasteiger partial charge in [0.2, 0.25) is 5.91 Å². The fourth-order valence-corrected chi connectivity index (χ4v) is 4.15. The average molecular weight is 412 g/mol. The second kappa shape index (κ2) is 8.16. The summed E-state index contributed by atoms with van der Waals surface area (Å²) in [5.41, 5.74) is 2.99. The van der Waals surface area contributed by atoms with Gasteiger partial charge in [-0.25, -0.2) is 4.68 Å². The topological polar surface area (TPSA) is 104 Å². The van der Waals surface area contributed by atoms with Crippen LogP contribution in [-0.2, 0) is 11.2 Å². The van der Waals surface area contributed by atoms with Crippen LogP contribution in [0.5, 0.6) is 0 Å². The molecule has 0 bridgehead atoms. The molecule has 8 heteroatoms. The van der Waals surface area contributed by atoms with E-state index >= 15 is 0 Å². The maximum atomic E-state index is 12.8. The van der Waals surface area contributed by atoms with Crippen LogP contribution in [0.1, 0.15) is 63.9 Å². The van der Waals surface area contributed by atoms with Crippen molar-refractivity contribution >= 4 is 11.7 Å². The number of hydrogen-bond donors (Lipinski definition) is 2. The predicted octanol–water partition coefficient (Wildman–Crippen LogP) is 2.98. The minimum Gasteiger partial charge on any atom is -0.338 e. The summed E-state index contributed by atoms with van der Waals surface area (Å²) in [6.07, 6.45) is 3.23. The molecule has 0 spiro atoms. The molecule has 0 aromatic carbocycles. The minimum atomic E-state index is -0.0538. The summed E-state index contributed by atoms with van der Waals surface area (Å²) in [7, 11) is 0. The van der Waals surface area contributed by atoms with Gasteiger partial charge in [-0.3, -0.25) is 15.6 Å². The summed E-state index contributed by atoms with van der Waals surface area (Å²) in [5, 5.41) is 25.4. The lowest BCUT2D eigenvalue weighted by Gasteiger charge is -2.31. The van der Waals surface area contributed by atoms with Gasteiger partial charge in [0.05, 0.1) is 5.69 Å². The SMILES string of the molecule is Cc1nn(-c2ccc(=N)n(C(=N)C(C)C)n2)c(C)c1CCC(=O)N1CCCC1(C)C. The molecule has 0 radical (unpaired) electrons. The molecule has 3 rings (SSSR count). The third-order valence-corrected chi connectivity index (χ3v) is 6.05. The molecule has 2 aromatic rings. The number of nitrogens with zero attached hydrogens (tertiary/aromatic N) is 5. The zero-order valence-corrected chi connectivity index (χ0v) is 18.9. The lowest BCUT2D eigenvalue weighted by molar-refractivity contribution is -0.134. The summed E-state index contributed by atoms with van der Waals surface area (Å²) in [6, 6.07) is 3.38. The number of rotatable bonds is 5. The van der Waals surface area contributed by atoms with Gasteiger partial charge in [-0.2, -0.15) is 9.78 Å². The first-order valence-electron chi connectivity index (χ1n) is 10.6. The van der Waals surface area contributed by atoms with Crippen molar-refractivity contribution < 1.29 is 4.79 Å². The molecule has 2 N–H and O–H groups in total. The molecule has 8 nitrogen and oxygen atoms in total. The first-order valence-corrected chi connectivity index (χ1v) is 10.6. The second-order valence-electron chi connectivity index (χ2n) is 9.05. The molecule has 3 heterocycles. The summed E-state index contributed by atoms with van der Waals surface area (Å²) in [4.78, 5) is 14.8. The van der Waals surface area contributed by atoms with Crippen molar-refractivity contribution in [3.8, 4) is 5.82 Å². The highest BCUT2D eigenvalue weighted by Crippen LogP contribution is 2.29. The monoisotopic (exact) mass is 411 g/mol. The van der Waals surface area contributed by atoms with Crippen LogP contribution in [0.15, 0.2) is 12.1 Å². The number of likely N-dealkylation sites (tertiary alicyclic amines) is 1. The highest BCUT2D eigenvalue weighted by Gasteiger charge is 2.35. The van der Waals surface area contributed by atoms with Gasteiger partial charge in [-0.1, -0.05) is 13.8 Å². The molecule has 1 fully saturated rings. The van der Waals surface area contributed by atoms with Crippen LogP contribution in [0.25, 0.3) is 5.82 Å². The van der Waals surface area contributed by atoms with Gasteiger partial charge < -0.3 is 4.90 Å². The largest absolute Gasteiger partial charge is 0.338 e. The van der Waals surface area contributed by atoms with Crippen LogP contribution in [0.3, 0.4) is 0 Å². The lowest BCUT2D eigenvalue weighted by atomic mass is 10.0. The highest BCUT2D eigenvalue weighted by atomic mass is 16.2. The summed E-state index contributed by atoms with van der Waals surface area (Å²) in [6.45, 7) is 12.9. The molecule has 1 saturated heterocycles. The second-order valence-corrected chi connectivity index (χ2v) is 9.05. The van der Waals surface area contributed by atoms with Crippen LogP contribution < -0.4 is 5.49 Å². The quantitative estimate of drug-likeness (QED) is 0.584.